The van der Waals surface area contributed by atoms with Gasteiger partial charge in [0.1, 0.15) is 0 Å². The minimum atomic E-state index is -0.941. The molecular formula is C24H19ClN2O2. The molecule has 0 saturated carbocycles. The predicted octanol–water partition coefficient (Wildman–Crippen LogP) is 4.54. The van der Waals surface area contributed by atoms with E-state index >= 15 is 0 Å². The van der Waals surface area contributed by atoms with Gasteiger partial charge in [-0.25, -0.2) is 0 Å². The average Bonchev–Trinajstić information content (AvgIpc) is 3.04. The van der Waals surface area contributed by atoms with Gasteiger partial charge < -0.3 is 9.80 Å². The van der Waals surface area contributed by atoms with E-state index in [2.05, 4.69) is 0 Å². The van der Waals surface area contributed by atoms with Crippen LogP contribution in [0.1, 0.15) is 38.3 Å². The van der Waals surface area contributed by atoms with Crippen LogP contribution in [-0.2, 0) is 5.66 Å². The zero-order valence-electron chi connectivity index (χ0n) is 15.7. The van der Waals surface area contributed by atoms with Crippen molar-refractivity contribution in [3.63, 3.8) is 0 Å². The van der Waals surface area contributed by atoms with Gasteiger partial charge in [-0.2, -0.15) is 0 Å². The van der Waals surface area contributed by atoms with Crippen molar-refractivity contribution in [1.82, 2.24) is 9.80 Å². The van der Waals surface area contributed by atoms with Crippen molar-refractivity contribution in [3.05, 3.63) is 106 Å². The first-order valence-electron chi connectivity index (χ1n) is 9.68. The molecule has 5 rings (SSSR count). The highest BCUT2D eigenvalue weighted by molar-refractivity contribution is 6.30. The Morgan fingerprint density at radius 2 is 1.55 bits per heavy atom. The van der Waals surface area contributed by atoms with Crippen molar-refractivity contribution < 1.29 is 9.59 Å². The van der Waals surface area contributed by atoms with E-state index in [-0.39, 0.29) is 11.8 Å². The van der Waals surface area contributed by atoms with Gasteiger partial charge in [0.15, 0.2) is 5.66 Å². The van der Waals surface area contributed by atoms with Gasteiger partial charge in [0.25, 0.3) is 11.8 Å². The number of fused-ring (bicyclic) bond motifs is 3. The number of halogens is 1. The van der Waals surface area contributed by atoms with Crippen LogP contribution in [0.5, 0.6) is 0 Å². The number of hydrogen-bond acceptors (Lipinski definition) is 2. The Hall–Kier alpha value is -3.11. The molecule has 0 N–H and O–H groups in total. The topological polar surface area (TPSA) is 40.6 Å². The van der Waals surface area contributed by atoms with Crippen molar-refractivity contribution in [2.45, 2.75) is 12.1 Å². The minimum absolute atomic E-state index is 0.0296. The predicted molar refractivity (Wildman–Crippen MR) is 112 cm³/mol. The van der Waals surface area contributed by atoms with E-state index in [1.807, 2.05) is 64.4 Å². The lowest BCUT2D eigenvalue weighted by Gasteiger charge is -2.51. The molecule has 1 saturated heterocycles. The second kappa shape index (κ2) is 6.75. The van der Waals surface area contributed by atoms with Gasteiger partial charge in [-0.1, -0.05) is 60.1 Å². The number of hydrogen-bond donors (Lipinski definition) is 0. The standard InChI is InChI=1S/C24H19ClN2O2/c25-19-13-11-17(12-14-19)22(28)26-15-6-16-27-23(29)20-9-4-5-10-21(20)24(26,27)18-7-2-1-3-8-18/h1-5,7-14H,6,15-16H2. The summed E-state index contributed by atoms with van der Waals surface area (Å²) in [6.45, 7) is 1.17. The summed E-state index contributed by atoms with van der Waals surface area (Å²) in [6.07, 6.45) is 0.730. The number of amides is 2. The average molecular weight is 403 g/mol. The third-order valence-electron chi connectivity index (χ3n) is 5.84. The summed E-state index contributed by atoms with van der Waals surface area (Å²) >= 11 is 6.02. The largest absolute Gasteiger partial charge is 0.307 e. The molecule has 1 fully saturated rings. The highest BCUT2D eigenvalue weighted by atomic mass is 35.5. The molecule has 3 aromatic rings. The molecule has 0 aromatic heterocycles. The van der Waals surface area contributed by atoms with Crippen molar-refractivity contribution in [3.8, 4) is 0 Å². The third-order valence-corrected chi connectivity index (χ3v) is 6.09. The smallest absolute Gasteiger partial charge is 0.256 e. The van der Waals surface area contributed by atoms with Gasteiger partial charge in [0, 0.05) is 40.4 Å². The fourth-order valence-corrected chi connectivity index (χ4v) is 4.78. The lowest BCUT2D eigenvalue weighted by atomic mass is 9.86. The third kappa shape index (κ3) is 2.52. The lowest BCUT2D eigenvalue weighted by Crippen LogP contribution is -2.62. The molecule has 1 unspecified atom stereocenters. The highest BCUT2D eigenvalue weighted by Gasteiger charge is 2.57. The van der Waals surface area contributed by atoms with Gasteiger partial charge in [-0.05, 0) is 36.8 Å². The number of nitrogens with zero attached hydrogens (tertiary/aromatic N) is 2. The van der Waals surface area contributed by atoms with Gasteiger partial charge in [0.05, 0.1) is 0 Å². The summed E-state index contributed by atoms with van der Waals surface area (Å²) < 4.78 is 0. The van der Waals surface area contributed by atoms with E-state index in [1.54, 1.807) is 24.3 Å². The maximum atomic E-state index is 13.7. The van der Waals surface area contributed by atoms with Crippen LogP contribution in [0.2, 0.25) is 5.02 Å². The Balaban J connectivity index is 1.76. The first kappa shape index (κ1) is 18.0. The number of benzene rings is 3. The quantitative estimate of drug-likeness (QED) is 0.631. The molecule has 144 valence electrons. The summed E-state index contributed by atoms with van der Waals surface area (Å²) in [7, 11) is 0. The number of carbonyl (C=O) groups is 2. The molecule has 0 aliphatic carbocycles. The Morgan fingerprint density at radius 3 is 2.31 bits per heavy atom. The first-order chi connectivity index (χ1) is 14.1. The molecule has 2 heterocycles. The molecular weight excluding hydrogens is 384 g/mol. The van der Waals surface area contributed by atoms with Crippen LogP contribution in [0.4, 0.5) is 0 Å². The fourth-order valence-electron chi connectivity index (χ4n) is 4.65. The Morgan fingerprint density at radius 1 is 0.862 bits per heavy atom. The monoisotopic (exact) mass is 402 g/mol. The van der Waals surface area contributed by atoms with Crippen LogP contribution in [0, 0.1) is 0 Å². The maximum Gasteiger partial charge on any atom is 0.256 e. The van der Waals surface area contributed by atoms with Crippen LogP contribution < -0.4 is 0 Å². The van der Waals surface area contributed by atoms with Gasteiger partial charge in [0.2, 0.25) is 0 Å². The zero-order chi connectivity index (χ0) is 20.0. The molecule has 5 heteroatoms. The first-order valence-corrected chi connectivity index (χ1v) is 10.1. The maximum absolute atomic E-state index is 13.7. The second-order valence-corrected chi connectivity index (χ2v) is 7.79. The molecule has 29 heavy (non-hydrogen) atoms. The zero-order valence-corrected chi connectivity index (χ0v) is 16.5. The van der Waals surface area contributed by atoms with Crippen molar-refractivity contribution in [1.29, 1.82) is 0 Å². The van der Waals surface area contributed by atoms with Crippen molar-refractivity contribution in [2.75, 3.05) is 13.1 Å². The van der Waals surface area contributed by atoms with Crippen LogP contribution in [0.25, 0.3) is 0 Å². The normalized spacial score (nSPS) is 20.4. The summed E-state index contributed by atoms with van der Waals surface area (Å²) in [6, 6.07) is 24.4. The SMILES string of the molecule is O=C(c1ccc(Cl)cc1)N1CCCN2C(=O)c3ccccc3C12c1ccccc1. The number of carbonyl (C=O) groups excluding carboxylic acids is 2. The molecule has 2 amide bonds. The molecule has 2 aliphatic heterocycles. The van der Waals surface area contributed by atoms with Crippen molar-refractivity contribution in [2.24, 2.45) is 0 Å². The molecule has 1 atom stereocenters. The Labute approximate surface area is 174 Å². The van der Waals surface area contributed by atoms with Crippen LogP contribution in [-0.4, -0.2) is 34.7 Å². The molecule has 2 aliphatic rings. The van der Waals surface area contributed by atoms with E-state index in [9.17, 15) is 9.59 Å². The lowest BCUT2D eigenvalue weighted by molar-refractivity contribution is -0.0248. The summed E-state index contributed by atoms with van der Waals surface area (Å²) in [5.41, 5.74) is 2.05. The van der Waals surface area contributed by atoms with Crippen molar-refractivity contribution >= 4 is 23.4 Å². The van der Waals surface area contributed by atoms with Crippen LogP contribution >= 0.6 is 11.6 Å². The van der Waals surface area contributed by atoms with Crippen LogP contribution in [0.15, 0.2) is 78.9 Å². The highest BCUT2D eigenvalue weighted by Crippen LogP contribution is 2.49. The van der Waals surface area contributed by atoms with E-state index in [1.165, 1.54) is 0 Å². The summed E-state index contributed by atoms with van der Waals surface area (Å²) in [4.78, 5) is 30.7. The fraction of sp³-hybridized carbons (Fsp3) is 0.167. The Kier molecular flexibility index (Phi) is 4.18. The minimum Gasteiger partial charge on any atom is -0.307 e. The molecule has 0 radical (unpaired) electrons. The summed E-state index contributed by atoms with van der Waals surface area (Å²) in [5, 5.41) is 0.584. The van der Waals surface area contributed by atoms with Gasteiger partial charge in [-0.3, -0.25) is 9.59 Å². The summed E-state index contributed by atoms with van der Waals surface area (Å²) in [5.74, 6) is -0.141. The number of rotatable bonds is 2. The van der Waals surface area contributed by atoms with Gasteiger partial charge >= 0.3 is 0 Å². The van der Waals surface area contributed by atoms with E-state index in [0.717, 1.165) is 17.5 Å². The van der Waals surface area contributed by atoms with Crippen LogP contribution in [0.3, 0.4) is 0 Å². The molecule has 0 spiro atoms. The molecule has 0 bridgehead atoms. The molecule has 4 nitrogen and oxygen atoms in total. The Bertz CT molecular complexity index is 1100. The van der Waals surface area contributed by atoms with E-state index < -0.39 is 5.66 Å². The van der Waals surface area contributed by atoms with E-state index in [4.69, 9.17) is 11.6 Å². The van der Waals surface area contributed by atoms with E-state index in [0.29, 0.717) is 29.2 Å². The van der Waals surface area contributed by atoms with Gasteiger partial charge in [-0.15, -0.1) is 0 Å². The second-order valence-electron chi connectivity index (χ2n) is 7.36. The molecule has 3 aromatic carbocycles.